The molecule has 5 nitrogen and oxygen atoms in total. The van der Waals surface area contributed by atoms with Gasteiger partial charge in [0.25, 0.3) is 5.56 Å². The fraction of sp³-hybridized carbons (Fsp3) is 0.192. The number of H-pyrrole nitrogens is 1. The Balaban J connectivity index is 1.82. The Kier molecular flexibility index (Phi) is 5.83. The van der Waals surface area contributed by atoms with Crippen LogP contribution in [0.3, 0.4) is 0 Å². The summed E-state index contributed by atoms with van der Waals surface area (Å²) in [7, 11) is 1.65. The van der Waals surface area contributed by atoms with Crippen LogP contribution in [-0.2, 0) is 6.54 Å². The van der Waals surface area contributed by atoms with Crippen LogP contribution in [0.15, 0.2) is 65.5 Å². The predicted molar refractivity (Wildman–Crippen MR) is 139 cm³/mol. The molecule has 0 radical (unpaired) electrons. The van der Waals surface area contributed by atoms with Gasteiger partial charge in [0.05, 0.1) is 18.3 Å². The van der Waals surface area contributed by atoms with Crippen molar-refractivity contribution in [2.75, 3.05) is 7.11 Å². The lowest BCUT2D eigenvalue weighted by Crippen LogP contribution is -2.21. The Bertz CT molecular complexity index is 1570. The van der Waals surface area contributed by atoms with Crippen molar-refractivity contribution < 1.29 is 4.74 Å². The first kappa shape index (κ1) is 21.6. The fourth-order valence-corrected chi connectivity index (χ4v) is 5.41. The second-order valence-corrected chi connectivity index (χ2v) is 9.26. The maximum atomic E-state index is 13.3. The smallest absolute Gasteiger partial charge is 0.272 e. The van der Waals surface area contributed by atoms with E-state index in [-0.39, 0.29) is 5.56 Å². The van der Waals surface area contributed by atoms with E-state index in [2.05, 4.69) is 30.1 Å². The molecule has 166 valence electrons. The molecule has 0 aliphatic heterocycles. The van der Waals surface area contributed by atoms with Crippen LogP contribution in [0.4, 0.5) is 0 Å². The average Bonchev–Trinajstić information content (AvgIpc) is 3.22. The molecule has 33 heavy (non-hydrogen) atoms. The Morgan fingerprint density at radius 3 is 2.55 bits per heavy atom. The molecule has 5 aromatic rings. The molecule has 3 aromatic heterocycles. The molecule has 3 heterocycles. The summed E-state index contributed by atoms with van der Waals surface area (Å²) in [6.07, 6.45) is 1.90. The zero-order valence-electron chi connectivity index (χ0n) is 18.4. The minimum absolute atomic E-state index is 0.0461. The highest BCUT2D eigenvalue weighted by Crippen LogP contribution is 2.39. The van der Waals surface area contributed by atoms with E-state index < -0.39 is 0 Å². The van der Waals surface area contributed by atoms with Gasteiger partial charge in [0.1, 0.15) is 15.3 Å². The van der Waals surface area contributed by atoms with Crippen LogP contribution in [0.2, 0.25) is 0 Å². The molecular weight excluding hydrogens is 450 g/mol. The summed E-state index contributed by atoms with van der Waals surface area (Å²) in [6.45, 7) is 2.72. The number of nitrogens with one attached hydrogen (secondary N) is 1. The average molecular weight is 474 g/mol. The molecule has 0 bridgehead atoms. The van der Waals surface area contributed by atoms with Crippen molar-refractivity contribution >= 4 is 44.0 Å². The number of rotatable bonds is 6. The van der Waals surface area contributed by atoms with E-state index in [0.29, 0.717) is 16.0 Å². The van der Waals surface area contributed by atoms with Crippen LogP contribution in [0.1, 0.15) is 19.8 Å². The Morgan fingerprint density at radius 2 is 1.85 bits per heavy atom. The summed E-state index contributed by atoms with van der Waals surface area (Å²) >= 11 is 7.00. The van der Waals surface area contributed by atoms with Crippen LogP contribution in [-0.4, -0.2) is 21.6 Å². The highest BCUT2D eigenvalue weighted by atomic mass is 32.1. The Morgan fingerprint density at radius 1 is 1.09 bits per heavy atom. The number of hydrogen-bond donors (Lipinski definition) is 1. The van der Waals surface area contributed by atoms with Crippen molar-refractivity contribution in [3.63, 3.8) is 0 Å². The van der Waals surface area contributed by atoms with Gasteiger partial charge in [0, 0.05) is 17.5 Å². The van der Waals surface area contributed by atoms with Crippen molar-refractivity contribution in [2.24, 2.45) is 0 Å². The van der Waals surface area contributed by atoms with Gasteiger partial charge in [-0.1, -0.05) is 43.7 Å². The third kappa shape index (κ3) is 3.87. The zero-order valence-corrected chi connectivity index (χ0v) is 20.1. The Hall–Kier alpha value is -3.29. The monoisotopic (exact) mass is 473 g/mol. The van der Waals surface area contributed by atoms with Crippen molar-refractivity contribution in [3.8, 4) is 28.1 Å². The highest BCUT2D eigenvalue weighted by molar-refractivity contribution is 7.71. The molecule has 1 N–H and O–H groups in total. The lowest BCUT2D eigenvalue weighted by Gasteiger charge is -2.09. The molecule has 0 spiro atoms. The number of aromatic amines is 1. The third-order valence-corrected chi connectivity index (χ3v) is 7.18. The molecule has 0 aliphatic carbocycles. The lowest BCUT2D eigenvalue weighted by atomic mass is 10.00. The van der Waals surface area contributed by atoms with E-state index in [0.717, 1.165) is 56.7 Å². The van der Waals surface area contributed by atoms with Gasteiger partial charge in [-0.15, -0.1) is 11.3 Å². The SMILES string of the molecule is CCCCn1c(=S)[nH]c2c(sc3nc(-c4ccc(OC)cc4)cc(-c4ccccc4)c32)c1=O. The van der Waals surface area contributed by atoms with Gasteiger partial charge >= 0.3 is 0 Å². The third-order valence-electron chi connectivity index (χ3n) is 5.78. The number of methoxy groups -OCH3 is 1. The van der Waals surface area contributed by atoms with Crippen molar-refractivity contribution in [2.45, 2.75) is 26.3 Å². The molecule has 0 aliphatic rings. The first-order valence-corrected chi connectivity index (χ1v) is 12.1. The topological polar surface area (TPSA) is 59.9 Å². The summed E-state index contributed by atoms with van der Waals surface area (Å²) in [5.74, 6) is 0.796. The van der Waals surface area contributed by atoms with Gasteiger partial charge < -0.3 is 9.72 Å². The van der Waals surface area contributed by atoms with Gasteiger partial charge in [-0.2, -0.15) is 0 Å². The molecule has 0 fully saturated rings. The molecule has 0 saturated heterocycles. The maximum Gasteiger partial charge on any atom is 0.272 e. The van der Waals surface area contributed by atoms with Gasteiger partial charge in [-0.3, -0.25) is 9.36 Å². The van der Waals surface area contributed by atoms with Gasteiger partial charge in [0.2, 0.25) is 0 Å². The first-order chi connectivity index (χ1) is 16.1. The van der Waals surface area contributed by atoms with E-state index in [1.165, 1.54) is 11.3 Å². The number of fused-ring (bicyclic) bond motifs is 3. The molecule has 0 atom stereocenters. The molecule has 2 aromatic carbocycles. The van der Waals surface area contributed by atoms with Crippen LogP contribution in [0.5, 0.6) is 5.75 Å². The molecular formula is C26H23N3O2S2. The predicted octanol–water partition coefficient (Wildman–Crippen LogP) is 6.81. The van der Waals surface area contributed by atoms with Crippen molar-refractivity contribution in [1.82, 2.24) is 14.5 Å². The number of nitrogens with zero attached hydrogens (tertiary/aromatic N) is 2. The standard InChI is InChI=1S/C26H23N3O2S2/c1-3-4-14-29-25(30)23-22(28-26(29)32)21-19(16-8-6-5-7-9-16)15-20(27-24(21)33-23)17-10-12-18(31-2)13-11-17/h5-13,15H,3-4,14H2,1-2H3,(H,28,32). The van der Waals surface area contributed by atoms with Gasteiger partial charge in [-0.25, -0.2) is 4.98 Å². The second-order valence-electron chi connectivity index (χ2n) is 7.88. The quantitative estimate of drug-likeness (QED) is 0.275. The van der Waals surface area contributed by atoms with E-state index in [9.17, 15) is 4.79 Å². The number of unbranched alkanes of at least 4 members (excludes halogenated alkanes) is 1. The van der Waals surface area contributed by atoms with Gasteiger partial charge in [-0.05, 0) is 60.1 Å². The van der Waals surface area contributed by atoms with Crippen molar-refractivity contribution in [3.05, 3.63) is 75.8 Å². The minimum atomic E-state index is -0.0461. The first-order valence-electron chi connectivity index (χ1n) is 10.9. The summed E-state index contributed by atoms with van der Waals surface area (Å²) in [5.41, 5.74) is 4.64. The van der Waals surface area contributed by atoms with E-state index in [1.807, 2.05) is 42.5 Å². The number of hydrogen-bond acceptors (Lipinski definition) is 5. The summed E-state index contributed by atoms with van der Waals surface area (Å²) in [4.78, 5) is 22.5. The van der Waals surface area contributed by atoms with E-state index in [1.54, 1.807) is 11.7 Å². The van der Waals surface area contributed by atoms with E-state index >= 15 is 0 Å². The molecule has 7 heteroatoms. The number of aromatic nitrogens is 3. The normalized spacial score (nSPS) is 11.3. The molecule has 5 rings (SSSR count). The van der Waals surface area contributed by atoms with Gasteiger partial charge in [0.15, 0.2) is 4.77 Å². The van der Waals surface area contributed by atoms with Crippen molar-refractivity contribution in [1.29, 1.82) is 0 Å². The number of pyridine rings is 1. The second kappa shape index (κ2) is 8.92. The maximum absolute atomic E-state index is 13.3. The van der Waals surface area contributed by atoms with Crippen LogP contribution >= 0.6 is 23.6 Å². The van der Waals surface area contributed by atoms with Crippen LogP contribution in [0, 0.1) is 4.77 Å². The summed E-state index contributed by atoms with van der Waals surface area (Å²) in [6, 6.07) is 20.1. The summed E-state index contributed by atoms with van der Waals surface area (Å²) < 4.78 is 8.09. The minimum Gasteiger partial charge on any atom is -0.497 e. The lowest BCUT2D eigenvalue weighted by molar-refractivity contribution is 0.415. The Labute approximate surface area is 200 Å². The zero-order chi connectivity index (χ0) is 22.9. The number of ether oxygens (including phenoxy) is 1. The number of benzene rings is 2. The van der Waals surface area contributed by atoms with Crippen LogP contribution in [0.25, 0.3) is 42.8 Å². The summed E-state index contributed by atoms with van der Waals surface area (Å²) in [5, 5.41) is 0.935. The molecule has 0 saturated carbocycles. The molecule has 0 unspecified atom stereocenters. The largest absolute Gasteiger partial charge is 0.497 e. The van der Waals surface area contributed by atoms with Crippen LogP contribution < -0.4 is 10.3 Å². The van der Waals surface area contributed by atoms with E-state index in [4.69, 9.17) is 21.9 Å². The fourth-order valence-electron chi connectivity index (χ4n) is 4.03. The number of thiophene rings is 1. The molecule has 0 amide bonds. The highest BCUT2D eigenvalue weighted by Gasteiger charge is 2.18.